The van der Waals surface area contributed by atoms with Crippen LogP contribution in [0.4, 0.5) is 0 Å². The molecule has 1 unspecified atom stereocenters. The number of aliphatic hydroxyl groups is 2. The number of unbranched alkanes of at least 4 members (excludes halogenated alkanes) is 3. The smallest absolute Gasteiger partial charge is 0.303 e. The Kier molecular flexibility index (Phi) is 7.99. The molecule has 25 heavy (non-hydrogen) atoms. The molecule has 2 rings (SSSR count). The average molecular weight is 348 g/mol. The summed E-state index contributed by atoms with van der Waals surface area (Å²) in [4.78, 5) is 10.6. The Morgan fingerprint density at radius 2 is 2.12 bits per heavy atom. The number of allylic oxidation sites excluding steroid dienone is 2. The van der Waals surface area contributed by atoms with Crippen LogP contribution >= 0.6 is 0 Å². The molecule has 2 fully saturated rings. The van der Waals surface area contributed by atoms with Crippen LogP contribution < -0.4 is 0 Å². The number of hydrogen-bond acceptors (Lipinski definition) is 3. The second-order valence-corrected chi connectivity index (χ2v) is 7.51. The number of fused-ring (bicyclic) bond motifs is 1. The highest BCUT2D eigenvalue weighted by Crippen LogP contribution is 2.51. The van der Waals surface area contributed by atoms with Crippen molar-refractivity contribution >= 4 is 5.97 Å². The molecule has 2 aliphatic carbocycles. The van der Waals surface area contributed by atoms with Gasteiger partial charge >= 0.3 is 5.97 Å². The Labute approximate surface area is 151 Å². The Morgan fingerprint density at radius 1 is 1.32 bits per heavy atom. The van der Waals surface area contributed by atoms with Crippen molar-refractivity contribution in [2.24, 2.45) is 17.8 Å². The molecule has 3 N–H and O–H groups in total. The van der Waals surface area contributed by atoms with Gasteiger partial charge in [-0.2, -0.15) is 0 Å². The Balaban J connectivity index is 1.85. The Morgan fingerprint density at radius 3 is 2.84 bits per heavy atom. The lowest BCUT2D eigenvalue weighted by atomic mass is 9.57. The van der Waals surface area contributed by atoms with Crippen LogP contribution in [0.1, 0.15) is 71.1 Å². The third kappa shape index (κ3) is 5.87. The van der Waals surface area contributed by atoms with Gasteiger partial charge in [0.2, 0.25) is 0 Å². The van der Waals surface area contributed by atoms with Crippen LogP contribution in [-0.4, -0.2) is 33.5 Å². The summed E-state index contributed by atoms with van der Waals surface area (Å²) in [7, 11) is 0. The molecule has 0 heterocycles. The van der Waals surface area contributed by atoms with Crippen molar-refractivity contribution in [3.8, 4) is 11.8 Å². The molecule has 0 amide bonds. The molecule has 2 aliphatic rings. The molecule has 5 atom stereocenters. The summed E-state index contributed by atoms with van der Waals surface area (Å²) >= 11 is 0. The maximum atomic E-state index is 10.6. The first kappa shape index (κ1) is 20.0. The van der Waals surface area contributed by atoms with E-state index in [9.17, 15) is 15.0 Å². The number of aliphatic hydroxyl groups excluding tert-OH is 2. The van der Waals surface area contributed by atoms with Crippen molar-refractivity contribution in [3.05, 3.63) is 11.6 Å². The van der Waals surface area contributed by atoms with Gasteiger partial charge in [0.15, 0.2) is 0 Å². The fourth-order valence-electron chi connectivity index (χ4n) is 4.10. The van der Waals surface area contributed by atoms with Gasteiger partial charge in [0, 0.05) is 6.42 Å². The van der Waals surface area contributed by atoms with E-state index in [1.807, 2.05) is 0 Å². The largest absolute Gasteiger partial charge is 0.481 e. The van der Waals surface area contributed by atoms with Gasteiger partial charge in [-0.05, 0) is 56.8 Å². The number of hydrogen-bond donors (Lipinski definition) is 3. The summed E-state index contributed by atoms with van der Waals surface area (Å²) in [6, 6.07) is 0. The van der Waals surface area contributed by atoms with Gasteiger partial charge < -0.3 is 15.3 Å². The predicted octanol–water partition coefficient (Wildman–Crippen LogP) is 3.52. The quantitative estimate of drug-likeness (QED) is 0.356. The minimum atomic E-state index is -0.737. The van der Waals surface area contributed by atoms with Gasteiger partial charge in [0.25, 0.3) is 0 Å². The van der Waals surface area contributed by atoms with E-state index in [0.29, 0.717) is 24.7 Å². The lowest BCUT2D eigenvalue weighted by Gasteiger charge is -2.48. The van der Waals surface area contributed by atoms with E-state index in [4.69, 9.17) is 5.11 Å². The number of carbonyl (C=O) groups is 1. The van der Waals surface area contributed by atoms with Gasteiger partial charge in [-0.3, -0.25) is 4.79 Å². The fourth-order valence-corrected chi connectivity index (χ4v) is 4.10. The standard InChI is InChI=1S/C21H32O4/c1-2-3-4-8-16(22)10-11-18-19-14-15(7-5-6-9-21(24)25)17(19)12-13-20(18)23/h7,16-20,22-23H,2-6,8-9,12-14H2,1H3,(H,24,25)/b15-7-/t16?,17-,18-,19+,20-/m0/s1. The zero-order valence-electron chi connectivity index (χ0n) is 15.3. The first-order valence-electron chi connectivity index (χ1n) is 9.80. The van der Waals surface area contributed by atoms with E-state index in [-0.39, 0.29) is 18.4 Å². The third-order valence-electron chi connectivity index (χ3n) is 5.61. The summed E-state index contributed by atoms with van der Waals surface area (Å²) in [5.41, 5.74) is 1.41. The monoisotopic (exact) mass is 348 g/mol. The minimum Gasteiger partial charge on any atom is -0.481 e. The fraction of sp³-hybridized carbons (Fsp3) is 0.762. The molecule has 140 valence electrons. The van der Waals surface area contributed by atoms with Crippen LogP contribution in [0.15, 0.2) is 11.6 Å². The zero-order chi connectivity index (χ0) is 18.2. The van der Waals surface area contributed by atoms with Crippen molar-refractivity contribution in [2.75, 3.05) is 0 Å². The van der Waals surface area contributed by atoms with Gasteiger partial charge in [-0.1, -0.05) is 43.3 Å². The van der Waals surface area contributed by atoms with Crippen molar-refractivity contribution in [1.29, 1.82) is 0 Å². The minimum absolute atomic E-state index is 0.0317. The SMILES string of the molecule is CCCCCC(O)C#C[C@H]1[C@@H]2C/C(=C/CCCC(=O)O)[C@@H]2CC[C@@H]1O. The number of carboxylic acids is 1. The first-order valence-corrected chi connectivity index (χ1v) is 9.80. The van der Waals surface area contributed by atoms with Gasteiger partial charge in [-0.25, -0.2) is 0 Å². The van der Waals surface area contributed by atoms with Gasteiger partial charge in [0.1, 0.15) is 6.10 Å². The first-order chi connectivity index (χ1) is 12.0. The van der Waals surface area contributed by atoms with E-state index < -0.39 is 12.1 Å². The van der Waals surface area contributed by atoms with Crippen LogP contribution in [0, 0.1) is 29.6 Å². The summed E-state index contributed by atoms with van der Waals surface area (Å²) < 4.78 is 0. The molecule has 0 aromatic carbocycles. The maximum absolute atomic E-state index is 10.6. The van der Waals surface area contributed by atoms with Gasteiger partial charge in [-0.15, -0.1) is 0 Å². The van der Waals surface area contributed by atoms with Crippen molar-refractivity contribution < 1.29 is 20.1 Å². The summed E-state index contributed by atoms with van der Waals surface area (Å²) in [6.07, 6.45) is 9.64. The molecule has 0 aromatic rings. The molecule has 0 saturated heterocycles. The lowest BCUT2D eigenvalue weighted by Crippen LogP contribution is -2.44. The highest BCUT2D eigenvalue weighted by atomic mass is 16.4. The zero-order valence-corrected chi connectivity index (χ0v) is 15.3. The molecule has 4 heteroatoms. The number of rotatable bonds is 8. The molecule has 0 spiro atoms. The van der Waals surface area contributed by atoms with Crippen LogP contribution in [0.5, 0.6) is 0 Å². The lowest BCUT2D eigenvalue weighted by molar-refractivity contribution is -0.137. The number of carboxylic acid groups (broad SMARTS) is 1. The second kappa shape index (κ2) is 9.99. The maximum Gasteiger partial charge on any atom is 0.303 e. The second-order valence-electron chi connectivity index (χ2n) is 7.51. The number of aliphatic carboxylic acids is 1. The normalized spacial score (nSPS) is 30.8. The average Bonchev–Trinajstić information content (AvgIpc) is 2.54. The van der Waals surface area contributed by atoms with E-state index in [2.05, 4.69) is 24.8 Å². The Bertz CT molecular complexity index is 528. The predicted molar refractivity (Wildman–Crippen MR) is 97.8 cm³/mol. The molecule has 0 radical (unpaired) electrons. The van der Waals surface area contributed by atoms with Crippen LogP contribution in [-0.2, 0) is 4.79 Å². The molecule has 0 aromatic heterocycles. The van der Waals surface area contributed by atoms with E-state index in [0.717, 1.165) is 44.9 Å². The van der Waals surface area contributed by atoms with E-state index in [1.165, 1.54) is 5.57 Å². The summed E-state index contributed by atoms with van der Waals surface area (Å²) in [6.45, 7) is 2.14. The van der Waals surface area contributed by atoms with Crippen molar-refractivity contribution in [2.45, 2.75) is 83.3 Å². The molecular weight excluding hydrogens is 316 g/mol. The molecule has 4 nitrogen and oxygen atoms in total. The van der Waals surface area contributed by atoms with Crippen molar-refractivity contribution in [3.63, 3.8) is 0 Å². The molecular formula is C21H32O4. The molecule has 0 bridgehead atoms. The highest BCUT2D eigenvalue weighted by Gasteiger charge is 2.46. The summed E-state index contributed by atoms with van der Waals surface area (Å²) in [5, 5.41) is 29.0. The van der Waals surface area contributed by atoms with Crippen LogP contribution in [0.2, 0.25) is 0 Å². The van der Waals surface area contributed by atoms with Gasteiger partial charge in [0.05, 0.1) is 12.0 Å². The van der Waals surface area contributed by atoms with E-state index >= 15 is 0 Å². The van der Waals surface area contributed by atoms with E-state index in [1.54, 1.807) is 0 Å². The molecule has 0 aliphatic heterocycles. The third-order valence-corrected chi connectivity index (χ3v) is 5.61. The topological polar surface area (TPSA) is 77.8 Å². The summed E-state index contributed by atoms with van der Waals surface area (Å²) in [5.74, 6) is 6.26. The van der Waals surface area contributed by atoms with Crippen molar-refractivity contribution in [1.82, 2.24) is 0 Å². The molecule has 2 saturated carbocycles. The van der Waals surface area contributed by atoms with Crippen LogP contribution in [0.25, 0.3) is 0 Å². The highest BCUT2D eigenvalue weighted by molar-refractivity contribution is 5.66. The van der Waals surface area contributed by atoms with Crippen LogP contribution in [0.3, 0.4) is 0 Å². The Hall–Kier alpha value is -1.31.